The van der Waals surface area contributed by atoms with E-state index in [4.69, 9.17) is 10.5 Å². The van der Waals surface area contributed by atoms with Gasteiger partial charge in [0.1, 0.15) is 0 Å². The van der Waals surface area contributed by atoms with Crippen LogP contribution in [-0.2, 0) is 4.74 Å². The normalized spacial score (nSPS) is 14.5. The van der Waals surface area contributed by atoms with Gasteiger partial charge in [0.2, 0.25) is 0 Å². The third-order valence-corrected chi connectivity index (χ3v) is 4.36. The van der Waals surface area contributed by atoms with E-state index in [1.54, 1.807) is 0 Å². The molecule has 0 spiro atoms. The van der Waals surface area contributed by atoms with Crippen LogP contribution >= 0.6 is 0 Å². The summed E-state index contributed by atoms with van der Waals surface area (Å²) in [6, 6.07) is 11.4. The molecule has 2 aromatic rings. The number of benzene rings is 2. The fourth-order valence-corrected chi connectivity index (χ4v) is 2.95. The summed E-state index contributed by atoms with van der Waals surface area (Å²) >= 11 is 0. The highest BCUT2D eigenvalue weighted by molar-refractivity contribution is 6.06. The summed E-state index contributed by atoms with van der Waals surface area (Å²) < 4.78 is 5.40. The maximum atomic E-state index is 12.6. The maximum Gasteiger partial charge on any atom is 0.255 e. The molecule has 0 unspecified atom stereocenters. The Hall–Kier alpha value is -2.53. The summed E-state index contributed by atoms with van der Waals surface area (Å²) in [7, 11) is 0. The Bertz CT molecular complexity index is 752. The van der Waals surface area contributed by atoms with Crippen molar-refractivity contribution in [3.05, 3.63) is 53.1 Å². The van der Waals surface area contributed by atoms with Crippen LogP contribution in [-0.4, -0.2) is 32.2 Å². The largest absolute Gasteiger partial charge is 0.397 e. The molecule has 1 saturated heterocycles. The van der Waals surface area contributed by atoms with Gasteiger partial charge in [0.25, 0.3) is 5.91 Å². The number of nitrogens with two attached hydrogens (primary N) is 1. The summed E-state index contributed by atoms with van der Waals surface area (Å²) in [4.78, 5) is 14.8. The van der Waals surface area contributed by atoms with E-state index in [9.17, 15) is 4.79 Å². The number of rotatable bonds is 3. The van der Waals surface area contributed by atoms with Crippen molar-refractivity contribution in [1.29, 1.82) is 0 Å². The van der Waals surface area contributed by atoms with Gasteiger partial charge in [-0.15, -0.1) is 0 Å². The Morgan fingerprint density at radius 3 is 2.54 bits per heavy atom. The Balaban J connectivity index is 1.87. The van der Waals surface area contributed by atoms with Gasteiger partial charge in [0.05, 0.1) is 24.6 Å². The summed E-state index contributed by atoms with van der Waals surface area (Å²) in [5.41, 5.74) is 11.2. The molecule has 1 fully saturated rings. The van der Waals surface area contributed by atoms with Crippen molar-refractivity contribution in [2.45, 2.75) is 13.8 Å². The number of hydrogen-bond acceptors (Lipinski definition) is 4. The smallest absolute Gasteiger partial charge is 0.255 e. The summed E-state index contributed by atoms with van der Waals surface area (Å²) in [5.74, 6) is -0.103. The molecule has 0 aromatic heterocycles. The lowest BCUT2D eigenvalue weighted by Crippen LogP contribution is -2.36. The topological polar surface area (TPSA) is 67.6 Å². The third kappa shape index (κ3) is 3.36. The zero-order valence-corrected chi connectivity index (χ0v) is 14.1. The van der Waals surface area contributed by atoms with Gasteiger partial charge in [-0.1, -0.05) is 18.2 Å². The van der Waals surface area contributed by atoms with Crippen LogP contribution in [0.2, 0.25) is 0 Å². The highest BCUT2D eigenvalue weighted by Crippen LogP contribution is 2.31. The molecule has 5 heteroatoms. The first-order valence-corrected chi connectivity index (χ1v) is 8.16. The molecule has 5 nitrogen and oxygen atoms in total. The van der Waals surface area contributed by atoms with Gasteiger partial charge in [-0.3, -0.25) is 4.79 Å². The molecule has 1 heterocycles. The molecule has 1 aliphatic rings. The number of carbonyl (C=O) groups is 1. The SMILES string of the molecule is Cc1cc(N)c(N2CCOCC2)cc1NC(=O)c1ccccc1C. The predicted molar refractivity (Wildman–Crippen MR) is 97.8 cm³/mol. The van der Waals surface area contributed by atoms with E-state index in [1.165, 1.54) is 0 Å². The molecule has 3 N–H and O–H groups in total. The molecule has 0 radical (unpaired) electrons. The first-order chi connectivity index (χ1) is 11.6. The van der Waals surface area contributed by atoms with Crippen LogP contribution in [0, 0.1) is 13.8 Å². The van der Waals surface area contributed by atoms with Crippen LogP contribution < -0.4 is 16.0 Å². The highest BCUT2D eigenvalue weighted by atomic mass is 16.5. The quantitative estimate of drug-likeness (QED) is 0.851. The van der Waals surface area contributed by atoms with Crippen molar-refractivity contribution in [2.24, 2.45) is 0 Å². The number of amides is 1. The van der Waals surface area contributed by atoms with Crippen molar-refractivity contribution >= 4 is 23.0 Å². The van der Waals surface area contributed by atoms with Crippen LogP contribution in [0.15, 0.2) is 36.4 Å². The Morgan fingerprint density at radius 1 is 1.12 bits per heavy atom. The lowest BCUT2D eigenvalue weighted by molar-refractivity contribution is 0.102. The lowest BCUT2D eigenvalue weighted by atomic mass is 10.1. The van der Waals surface area contributed by atoms with Gasteiger partial charge >= 0.3 is 0 Å². The maximum absolute atomic E-state index is 12.6. The molecular formula is C19H23N3O2. The van der Waals surface area contributed by atoms with Gasteiger partial charge in [-0.05, 0) is 43.2 Å². The van der Waals surface area contributed by atoms with E-state index in [0.29, 0.717) is 18.8 Å². The molecule has 0 saturated carbocycles. The molecule has 3 rings (SSSR count). The second-order valence-electron chi connectivity index (χ2n) is 6.09. The lowest BCUT2D eigenvalue weighted by Gasteiger charge is -2.30. The minimum Gasteiger partial charge on any atom is -0.397 e. The fraction of sp³-hybridized carbons (Fsp3) is 0.316. The van der Waals surface area contributed by atoms with Crippen molar-refractivity contribution in [3.8, 4) is 0 Å². The second-order valence-corrected chi connectivity index (χ2v) is 6.09. The highest BCUT2D eigenvalue weighted by Gasteiger charge is 2.17. The molecule has 0 aliphatic carbocycles. The molecular weight excluding hydrogens is 302 g/mol. The number of nitrogens with one attached hydrogen (secondary N) is 1. The van der Waals surface area contributed by atoms with Gasteiger partial charge in [0.15, 0.2) is 0 Å². The van der Waals surface area contributed by atoms with Crippen LogP contribution in [0.5, 0.6) is 0 Å². The summed E-state index contributed by atoms with van der Waals surface area (Å²) in [5, 5.41) is 3.02. The molecule has 0 atom stereocenters. The fourth-order valence-electron chi connectivity index (χ4n) is 2.95. The standard InChI is InChI=1S/C19H23N3O2/c1-13-5-3-4-6-15(13)19(23)21-17-12-18(16(20)11-14(17)2)22-7-9-24-10-8-22/h3-6,11-12H,7-10,20H2,1-2H3,(H,21,23). The molecule has 1 aliphatic heterocycles. The number of carbonyl (C=O) groups excluding carboxylic acids is 1. The number of hydrogen-bond donors (Lipinski definition) is 2. The average Bonchev–Trinajstić information content (AvgIpc) is 2.58. The molecule has 0 bridgehead atoms. The minimum absolute atomic E-state index is 0.103. The monoisotopic (exact) mass is 325 g/mol. The van der Waals surface area contributed by atoms with Crippen molar-refractivity contribution < 1.29 is 9.53 Å². The molecule has 24 heavy (non-hydrogen) atoms. The Morgan fingerprint density at radius 2 is 1.83 bits per heavy atom. The Labute approximate surface area is 142 Å². The molecule has 126 valence electrons. The third-order valence-electron chi connectivity index (χ3n) is 4.36. The number of morpholine rings is 1. The van der Waals surface area contributed by atoms with Crippen LogP contribution in [0.1, 0.15) is 21.5 Å². The van der Waals surface area contributed by atoms with Gasteiger partial charge in [-0.25, -0.2) is 0 Å². The van der Waals surface area contributed by atoms with E-state index in [2.05, 4.69) is 10.2 Å². The first kappa shape index (κ1) is 16.3. The van der Waals surface area contributed by atoms with E-state index in [-0.39, 0.29) is 5.91 Å². The van der Waals surface area contributed by atoms with Crippen molar-refractivity contribution in [1.82, 2.24) is 0 Å². The van der Waals surface area contributed by atoms with E-state index < -0.39 is 0 Å². The van der Waals surface area contributed by atoms with Crippen LogP contribution in [0.4, 0.5) is 17.1 Å². The number of nitrogens with zero attached hydrogens (tertiary/aromatic N) is 1. The number of nitrogen functional groups attached to an aromatic ring is 1. The predicted octanol–water partition coefficient (Wildman–Crippen LogP) is 2.97. The second kappa shape index (κ2) is 6.93. The van der Waals surface area contributed by atoms with E-state index >= 15 is 0 Å². The van der Waals surface area contributed by atoms with Crippen LogP contribution in [0.25, 0.3) is 0 Å². The van der Waals surface area contributed by atoms with E-state index in [0.717, 1.165) is 41.3 Å². The van der Waals surface area contributed by atoms with Gasteiger partial charge < -0.3 is 20.7 Å². The van der Waals surface area contributed by atoms with Crippen LogP contribution in [0.3, 0.4) is 0 Å². The number of anilines is 3. The van der Waals surface area contributed by atoms with Gasteiger partial charge in [0, 0.05) is 24.3 Å². The Kier molecular flexibility index (Phi) is 4.71. The van der Waals surface area contributed by atoms with Crippen molar-refractivity contribution in [2.75, 3.05) is 42.3 Å². The van der Waals surface area contributed by atoms with Gasteiger partial charge in [-0.2, -0.15) is 0 Å². The zero-order chi connectivity index (χ0) is 17.1. The first-order valence-electron chi connectivity index (χ1n) is 8.16. The summed E-state index contributed by atoms with van der Waals surface area (Å²) in [6.45, 7) is 6.88. The number of ether oxygens (including phenoxy) is 1. The molecule has 1 amide bonds. The van der Waals surface area contributed by atoms with Crippen molar-refractivity contribution in [3.63, 3.8) is 0 Å². The summed E-state index contributed by atoms with van der Waals surface area (Å²) in [6.07, 6.45) is 0. The number of aryl methyl sites for hydroxylation is 2. The molecule has 2 aromatic carbocycles. The van der Waals surface area contributed by atoms with E-state index in [1.807, 2.05) is 50.2 Å². The minimum atomic E-state index is -0.103. The zero-order valence-electron chi connectivity index (χ0n) is 14.1. The average molecular weight is 325 g/mol.